The molecule has 1 saturated carbocycles. The van der Waals surface area contributed by atoms with Crippen molar-refractivity contribution >= 4 is 11.6 Å². The Morgan fingerprint density at radius 2 is 1.80 bits per heavy atom. The van der Waals surface area contributed by atoms with Crippen molar-refractivity contribution in [2.75, 3.05) is 0 Å². The van der Waals surface area contributed by atoms with Crippen LogP contribution >= 0.6 is 0 Å². The first-order valence-electron chi connectivity index (χ1n) is 6.99. The van der Waals surface area contributed by atoms with Crippen molar-refractivity contribution in [2.24, 2.45) is 0 Å². The van der Waals surface area contributed by atoms with Crippen molar-refractivity contribution in [1.29, 1.82) is 0 Å². The number of hydrogen-bond donors (Lipinski definition) is 1. The summed E-state index contributed by atoms with van der Waals surface area (Å²) in [5.41, 5.74) is 3.37. The highest BCUT2D eigenvalue weighted by Crippen LogP contribution is 2.34. The Labute approximate surface area is 119 Å². The smallest absolute Gasteiger partial charge is 0.170 e. The minimum atomic E-state index is -0.231. The number of carbonyl (C=O) groups excluding carboxylic acids is 2. The summed E-state index contributed by atoms with van der Waals surface area (Å²) in [6.07, 6.45) is 0.922. The van der Waals surface area contributed by atoms with Crippen LogP contribution in [0.3, 0.4) is 0 Å². The number of aliphatic hydroxyl groups excluding tert-OH is 1. The third kappa shape index (κ3) is 2.67. The Bertz CT molecular complexity index is 576. The van der Waals surface area contributed by atoms with Crippen LogP contribution in [0.5, 0.6) is 0 Å². The molecule has 1 aliphatic rings. The summed E-state index contributed by atoms with van der Waals surface area (Å²) in [4.78, 5) is 24.3. The van der Waals surface area contributed by atoms with Gasteiger partial charge in [0.1, 0.15) is 5.76 Å². The second kappa shape index (κ2) is 5.61. The molecule has 1 aromatic rings. The molecule has 1 fully saturated rings. The summed E-state index contributed by atoms with van der Waals surface area (Å²) in [6.45, 7) is 5.76. The number of benzene rings is 1. The van der Waals surface area contributed by atoms with E-state index in [1.807, 2.05) is 26.0 Å². The lowest BCUT2D eigenvalue weighted by Crippen LogP contribution is -2.26. The van der Waals surface area contributed by atoms with Crippen LogP contribution in [0.2, 0.25) is 0 Å². The topological polar surface area (TPSA) is 54.4 Å². The molecule has 106 valence electrons. The van der Waals surface area contributed by atoms with Crippen LogP contribution in [0.1, 0.15) is 48.8 Å². The maximum absolute atomic E-state index is 12.1. The van der Waals surface area contributed by atoms with E-state index in [0.29, 0.717) is 19.3 Å². The predicted molar refractivity (Wildman–Crippen MR) is 77.9 cm³/mol. The first-order valence-corrected chi connectivity index (χ1v) is 6.99. The summed E-state index contributed by atoms with van der Waals surface area (Å²) < 4.78 is 0. The molecule has 0 unspecified atom stereocenters. The third-order valence-corrected chi connectivity index (χ3v) is 3.91. The average Bonchev–Trinajstić information content (AvgIpc) is 2.37. The molecule has 0 heterocycles. The second-order valence-corrected chi connectivity index (χ2v) is 5.49. The number of Topliss-reactive ketones (excluding diaryl/α,β-unsaturated/α-hetero) is 2. The van der Waals surface area contributed by atoms with Crippen molar-refractivity contribution < 1.29 is 14.7 Å². The minimum absolute atomic E-state index is 0.0218. The van der Waals surface area contributed by atoms with Crippen LogP contribution < -0.4 is 0 Å². The lowest BCUT2D eigenvalue weighted by Gasteiger charge is -2.24. The largest absolute Gasteiger partial charge is 0.511 e. The van der Waals surface area contributed by atoms with Crippen LogP contribution in [0, 0.1) is 13.8 Å². The highest BCUT2D eigenvalue weighted by atomic mass is 16.3. The molecule has 0 amide bonds. The van der Waals surface area contributed by atoms with Gasteiger partial charge in [0.25, 0.3) is 0 Å². The predicted octanol–water partition coefficient (Wildman–Crippen LogP) is 3.54. The van der Waals surface area contributed by atoms with Gasteiger partial charge in [-0.05, 0) is 30.9 Å². The monoisotopic (exact) mass is 272 g/mol. The molecule has 0 bridgehead atoms. The van der Waals surface area contributed by atoms with Gasteiger partial charge in [0.05, 0.1) is 5.57 Å². The van der Waals surface area contributed by atoms with Crippen molar-refractivity contribution in [3.05, 3.63) is 46.2 Å². The van der Waals surface area contributed by atoms with Crippen LogP contribution in [-0.4, -0.2) is 16.7 Å². The zero-order valence-corrected chi connectivity index (χ0v) is 12.2. The van der Waals surface area contributed by atoms with Gasteiger partial charge in [-0.2, -0.15) is 0 Å². The standard InChI is InChI=1S/C17H20O3/c1-4-14(18)17-15(19)8-12(9-16(17)20)13-6-5-10(2)7-11(13)3/h5-7,12,18H,4,8-9H2,1-3H3. The SMILES string of the molecule is CCC(O)=C1C(=O)CC(c2ccc(C)cc2C)CC1=O. The number of aryl methyl sites for hydroxylation is 2. The zero-order valence-electron chi connectivity index (χ0n) is 12.2. The lowest BCUT2D eigenvalue weighted by atomic mass is 9.78. The fraction of sp³-hybridized carbons (Fsp3) is 0.412. The lowest BCUT2D eigenvalue weighted by molar-refractivity contribution is -0.124. The van der Waals surface area contributed by atoms with E-state index in [0.717, 1.165) is 11.1 Å². The van der Waals surface area contributed by atoms with Crippen molar-refractivity contribution in [3.63, 3.8) is 0 Å². The molecule has 0 aliphatic heterocycles. The molecule has 20 heavy (non-hydrogen) atoms. The summed E-state index contributed by atoms with van der Waals surface area (Å²) in [7, 11) is 0. The fourth-order valence-corrected chi connectivity index (χ4v) is 2.88. The van der Waals surface area contributed by atoms with Crippen LogP contribution in [-0.2, 0) is 9.59 Å². The number of aliphatic hydroxyl groups is 1. The molecular formula is C17H20O3. The van der Waals surface area contributed by atoms with Crippen LogP contribution in [0.4, 0.5) is 0 Å². The van der Waals surface area contributed by atoms with Gasteiger partial charge in [-0.25, -0.2) is 0 Å². The molecule has 1 N–H and O–H groups in total. The molecule has 0 atom stereocenters. The minimum Gasteiger partial charge on any atom is -0.511 e. The first-order chi connectivity index (χ1) is 9.43. The maximum Gasteiger partial charge on any atom is 0.170 e. The maximum atomic E-state index is 12.1. The molecule has 1 aromatic carbocycles. The summed E-state index contributed by atoms with van der Waals surface area (Å²) in [5.74, 6) is -0.598. The zero-order chi connectivity index (χ0) is 14.9. The molecule has 0 radical (unpaired) electrons. The normalized spacial score (nSPS) is 19.4. The molecule has 2 rings (SSSR count). The quantitative estimate of drug-likeness (QED) is 0.509. The molecule has 3 nitrogen and oxygen atoms in total. The molecule has 0 saturated heterocycles. The summed E-state index contributed by atoms with van der Waals surface area (Å²) in [6, 6.07) is 6.08. The highest BCUT2D eigenvalue weighted by Gasteiger charge is 2.33. The number of carbonyl (C=O) groups is 2. The third-order valence-electron chi connectivity index (χ3n) is 3.91. The van der Waals surface area contributed by atoms with E-state index >= 15 is 0 Å². The fourth-order valence-electron chi connectivity index (χ4n) is 2.88. The van der Waals surface area contributed by atoms with E-state index in [2.05, 4.69) is 6.07 Å². The second-order valence-electron chi connectivity index (χ2n) is 5.49. The Morgan fingerprint density at radius 1 is 1.20 bits per heavy atom. The van der Waals surface area contributed by atoms with Gasteiger partial charge in [0.2, 0.25) is 0 Å². The summed E-state index contributed by atoms with van der Waals surface area (Å²) >= 11 is 0. The van der Waals surface area contributed by atoms with Gasteiger partial charge >= 0.3 is 0 Å². The Hall–Kier alpha value is -1.90. The van der Waals surface area contributed by atoms with E-state index in [9.17, 15) is 14.7 Å². The van der Waals surface area contributed by atoms with Crippen LogP contribution in [0.15, 0.2) is 29.5 Å². The molecular weight excluding hydrogens is 252 g/mol. The van der Waals surface area contributed by atoms with Gasteiger partial charge in [0.15, 0.2) is 11.6 Å². The van der Waals surface area contributed by atoms with Crippen molar-refractivity contribution in [2.45, 2.75) is 46.0 Å². The van der Waals surface area contributed by atoms with Crippen LogP contribution in [0.25, 0.3) is 0 Å². The van der Waals surface area contributed by atoms with Gasteiger partial charge in [-0.1, -0.05) is 30.7 Å². The number of allylic oxidation sites excluding steroid dienone is 2. The Kier molecular flexibility index (Phi) is 4.07. The Morgan fingerprint density at radius 3 is 2.30 bits per heavy atom. The van der Waals surface area contributed by atoms with Gasteiger partial charge in [-0.3, -0.25) is 9.59 Å². The van der Waals surface area contributed by atoms with E-state index in [-0.39, 0.29) is 28.8 Å². The molecule has 3 heteroatoms. The van der Waals surface area contributed by atoms with Crippen molar-refractivity contribution in [1.82, 2.24) is 0 Å². The van der Waals surface area contributed by atoms with E-state index < -0.39 is 0 Å². The number of rotatable bonds is 2. The van der Waals surface area contributed by atoms with Gasteiger partial charge < -0.3 is 5.11 Å². The summed E-state index contributed by atoms with van der Waals surface area (Å²) in [5, 5.41) is 9.71. The van der Waals surface area contributed by atoms with E-state index in [1.165, 1.54) is 5.56 Å². The van der Waals surface area contributed by atoms with E-state index in [1.54, 1.807) is 6.92 Å². The number of ketones is 2. The number of hydrogen-bond acceptors (Lipinski definition) is 3. The first kappa shape index (κ1) is 14.5. The highest BCUT2D eigenvalue weighted by molar-refractivity contribution is 6.22. The van der Waals surface area contributed by atoms with Gasteiger partial charge in [-0.15, -0.1) is 0 Å². The van der Waals surface area contributed by atoms with Crippen molar-refractivity contribution in [3.8, 4) is 0 Å². The van der Waals surface area contributed by atoms with E-state index in [4.69, 9.17) is 0 Å². The molecule has 0 spiro atoms. The average molecular weight is 272 g/mol. The van der Waals surface area contributed by atoms with Gasteiger partial charge in [0, 0.05) is 19.3 Å². The molecule has 0 aromatic heterocycles. The molecule has 1 aliphatic carbocycles. The Balaban J connectivity index is 2.32.